The number of aliphatic imine (C=N–C) groups is 1. The van der Waals surface area contributed by atoms with Gasteiger partial charge in [-0.3, -0.25) is 0 Å². The van der Waals surface area contributed by atoms with E-state index in [1.54, 1.807) is 0 Å². The summed E-state index contributed by atoms with van der Waals surface area (Å²) in [5.74, 6) is 2.06. The summed E-state index contributed by atoms with van der Waals surface area (Å²) in [6.45, 7) is 12.4. The zero-order valence-corrected chi connectivity index (χ0v) is 20.3. The highest BCUT2D eigenvalue weighted by Crippen LogP contribution is 2.31. The standard InChI is InChI=1S/C24H37N9/c1-28-6-12-31(13-7-28)19-25-20-4-5-21-22(18-20)27-24(33-16-10-30(3)11-17-33)23(26-21)32-14-8-29(2)9-15-32/h4-5,18-19H,6-17H2,1-3H3. The number of nitrogens with zero attached hydrogens (tertiary/aromatic N) is 9. The lowest BCUT2D eigenvalue weighted by atomic mass is 10.2. The van der Waals surface area contributed by atoms with Gasteiger partial charge in [-0.05, 0) is 39.3 Å². The van der Waals surface area contributed by atoms with Crippen LogP contribution in [0, 0.1) is 0 Å². The molecule has 4 heterocycles. The molecule has 9 heteroatoms. The molecule has 0 N–H and O–H groups in total. The van der Waals surface area contributed by atoms with Crippen molar-refractivity contribution in [2.45, 2.75) is 0 Å². The van der Waals surface area contributed by atoms with Gasteiger partial charge in [0.1, 0.15) is 0 Å². The van der Waals surface area contributed by atoms with Gasteiger partial charge in [-0.2, -0.15) is 0 Å². The molecule has 0 radical (unpaired) electrons. The van der Waals surface area contributed by atoms with E-state index >= 15 is 0 Å². The first-order valence-electron chi connectivity index (χ1n) is 12.2. The van der Waals surface area contributed by atoms with E-state index in [1.165, 1.54) is 0 Å². The van der Waals surface area contributed by atoms with E-state index in [0.29, 0.717) is 0 Å². The lowest BCUT2D eigenvalue weighted by Gasteiger charge is -2.38. The monoisotopic (exact) mass is 451 g/mol. The quantitative estimate of drug-likeness (QED) is 0.505. The summed E-state index contributed by atoms with van der Waals surface area (Å²) in [6, 6.07) is 6.22. The van der Waals surface area contributed by atoms with E-state index in [-0.39, 0.29) is 0 Å². The third kappa shape index (κ3) is 5.20. The predicted molar refractivity (Wildman–Crippen MR) is 136 cm³/mol. The zero-order chi connectivity index (χ0) is 22.8. The topological polar surface area (TPSA) is 57.6 Å². The van der Waals surface area contributed by atoms with Crippen molar-refractivity contribution in [1.29, 1.82) is 0 Å². The Morgan fingerprint density at radius 1 is 0.636 bits per heavy atom. The van der Waals surface area contributed by atoms with Gasteiger partial charge in [-0.25, -0.2) is 15.0 Å². The smallest absolute Gasteiger partial charge is 0.172 e. The molecule has 0 saturated carbocycles. The molecular weight excluding hydrogens is 414 g/mol. The van der Waals surface area contributed by atoms with E-state index < -0.39 is 0 Å². The molecule has 3 aliphatic rings. The van der Waals surface area contributed by atoms with Crippen LogP contribution in [0.1, 0.15) is 0 Å². The number of aromatic nitrogens is 2. The molecule has 9 nitrogen and oxygen atoms in total. The minimum Gasteiger partial charge on any atom is -0.360 e. The SMILES string of the molecule is CN1CCN(C=Nc2ccc3nc(N4CCN(C)CC4)c(N4CCN(C)CC4)nc3c2)CC1. The van der Waals surface area contributed by atoms with Crippen molar-refractivity contribution in [2.75, 3.05) is 109 Å². The van der Waals surface area contributed by atoms with Crippen molar-refractivity contribution in [3.63, 3.8) is 0 Å². The summed E-state index contributed by atoms with van der Waals surface area (Å²) in [6.07, 6.45) is 1.99. The van der Waals surface area contributed by atoms with Gasteiger partial charge < -0.3 is 29.4 Å². The fraction of sp³-hybridized carbons (Fsp3) is 0.625. The van der Waals surface area contributed by atoms with Gasteiger partial charge in [0.15, 0.2) is 11.6 Å². The number of benzene rings is 1. The average molecular weight is 452 g/mol. The van der Waals surface area contributed by atoms with Crippen molar-refractivity contribution in [1.82, 2.24) is 29.6 Å². The first-order valence-corrected chi connectivity index (χ1v) is 12.2. The summed E-state index contributed by atoms with van der Waals surface area (Å²) in [5.41, 5.74) is 2.81. The average Bonchev–Trinajstić information content (AvgIpc) is 2.84. The Labute approximate surface area is 197 Å². The maximum absolute atomic E-state index is 5.18. The van der Waals surface area contributed by atoms with Crippen molar-refractivity contribution >= 4 is 34.7 Å². The fourth-order valence-electron chi connectivity index (χ4n) is 4.65. The van der Waals surface area contributed by atoms with Crippen LogP contribution in [-0.4, -0.2) is 136 Å². The minimum absolute atomic E-state index is 0.926. The summed E-state index contributed by atoms with van der Waals surface area (Å²) >= 11 is 0. The van der Waals surface area contributed by atoms with Crippen LogP contribution in [0.4, 0.5) is 17.3 Å². The number of anilines is 2. The molecule has 0 atom stereocenters. The predicted octanol–water partition coefficient (Wildman–Crippen LogP) is 1.04. The second-order valence-corrected chi connectivity index (χ2v) is 9.71. The Morgan fingerprint density at radius 2 is 1.12 bits per heavy atom. The van der Waals surface area contributed by atoms with Gasteiger partial charge in [0.2, 0.25) is 0 Å². The normalized spacial score (nSPS) is 22.1. The molecule has 0 unspecified atom stereocenters. The van der Waals surface area contributed by atoms with Crippen LogP contribution in [0.5, 0.6) is 0 Å². The lowest BCUT2D eigenvalue weighted by Crippen LogP contribution is -2.48. The molecule has 5 rings (SSSR count). The van der Waals surface area contributed by atoms with Gasteiger partial charge in [0.25, 0.3) is 0 Å². The summed E-state index contributed by atoms with van der Waals surface area (Å²) in [7, 11) is 6.55. The molecule has 0 aliphatic carbocycles. The molecule has 33 heavy (non-hydrogen) atoms. The number of hydrogen-bond acceptors (Lipinski definition) is 8. The largest absolute Gasteiger partial charge is 0.360 e. The fourth-order valence-corrected chi connectivity index (χ4v) is 4.65. The Bertz CT molecular complexity index is 969. The highest BCUT2D eigenvalue weighted by Gasteiger charge is 2.25. The van der Waals surface area contributed by atoms with Crippen LogP contribution in [0.15, 0.2) is 23.2 Å². The van der Waals surface area contributed by atoms with Crippen molar-refractivity contribution in [3.05, 3.63) is 18.2 Å². The van der Waals surface area contributed by atoms with Crippen LogP contribution < -0.4 is 9.80 Å². The molecule has 178 valence electrons. The van der Waals surface area contributed by atoms with Gasteiger partial charge in [0.05, 0.1) is 23.1 Å². The van der Waals surface area contributed by atoms with Gasteiger partial charge in [-0.15, -0.1) is 0 Å². The molecule has 3 saturated heterocycles. The van der Waals surface area contributed by atoms with Crippen LogP contribution in [-0.2, 0) is 0 Å². The first-order chi connectivity index (χ1) is 16.0. The van der Waals surface area contributed by atoms with Crippen molar-refractivity contribution in [3.8, 4) is 0 Å². The lowest BCUT2D eigenvalue weighted by molar-refractivity contribution is 0.219. The maximum atomic E-state index is 5.18. The zero-order valence-electron chi connectivity index (χ0n) is 20.3. The van der Waals surface area contributed by atoms with E-state index in [4.69, 9.17) is 15.0 Å². The third-order valence-electron chi connectivity index (χ3n) is 7.13. The summed E-state index contributed by atoms with van der Waals surface area (Å²) < 4.78 is 0. The second kappa shape index (κ2) is 9.79. The van der Waals surface area contributed by atoms with Crippen LogP contribution >= 0.6 is 0 Å². The van der Waals surface area contributed by atoms with Gasteiger partial charge in [0, 0.05) is 78.5 Å². The molecule has 2 aromatic rings. The molecular formula is C24H37N9. The number of fused-ring (bicyclic) bond motifs is 1. The third-order valence-corrected chi connectivity index (χ3v) is 7.13. The van der Waals surface area contributed by atoms with Crippen LogP contribution in [0.2, 0.25) is 0 Å². The minimum atomic E-state index is 0.926. The molecule has 1 aromatic heterocycles. The highest BCUT2D eigenvalue weighted by molar-refractivity contribution is 5.84. The van der Waals surface area contributed by atoms with Gasteiger partial charge in [-0.1, -0.05) is 0 Å². The van der Waals surface area contributed by atoms with E-state index in [2.05, 4.69) is 68.7 Å². The molecule has 0 amide bonds. The van der Waals surface area contributed by atoms with E-state index in [9.17, 15) is 0 Å². The number of hydrogen-bond donors (Lipinski definition) is 0. The van der Waals surface area contributed by atoms with Crippen LogP contribution in [0.3, 0.4) is 0 Å². The first kappa shape index (κ1) is 22.3. The summed E-state index contributed by atoms with van der Waals surface area (Å²) in [5, 5.41) is 0. The van der Waals surface area contributed by atoms with Crippen molar-refractivity contribution < 1.29 is 0 Å². The van der Waals surface area contributed by atoms with Gasteiger partial charge >= 0.3 is 0 Å². The molecule has 3 aliphatic heterocycles. The number of likely N-dealkylation sites (N-methyl/N-ethyl adjacent to an activating group) is 3. The molecule has 0 bridgehead atoms. The number of piperazine rings is 3. The highest BCUT2D eigenvalue weighted by atomic mass is 15.3. The Balaban J connectivity index is 1.44. The number of rotatable bonds is 4. The Kier molecular flexibility index (Phi) is 6.62. The van der Waals surface area contributed by atoms with E-state index in [1.807, 2.05) is 6.34 Å². The second-order valence-electron chi connectivity index (χ2n) is 9.71. The molecule has 0 spiro atoms. The Hall–Kier alpha value is -2.49. The summed E-state index contributed by atoms with van der Waals surface area (Å²) in [4.78, 5) is 29.3. The Morgan fingerprint density at radius 3 is 1.67 bits per heavy atom. The molecule has 1 aromatic carbocycles. The van der Waals surface area contributed by atoms with E-state index in [0.717, 1.165) is 107 Å². The van der Waals surface area contributed by atoms with Crippen LogP contribution in [0.25, 0.3) is 11.0 Å². The molecule has 3 fully saturated rings. The van der Waals surface area contributed by atoms with Crippen molar-refractivity contribution in [2.24, 2.45) is 4.99 Å². The maximum Gasteiger partial charge on any atom is 0.172 e.